The van der Waals surface area contributed by atoms with Gasteiger partial charge in [0.25, 0.3) is 0 Å². The number of hydrogen-bond donors (Lipinski definition) is 1. The van der Waals surface area contributed by atoms with E-state index < -0.39 is 0 Å². The average molecular weight is 223 g/mol. The van der Waals surface area contributed by atoms with Gasteiger partial charge in [-0.2, -0.15) is 0 Å². The second-order valence-corrected chi connectivity index (χ2v) is 4.92. The molecule has 0 saturated heterocycles. The molecule has 0 unspecified atom stereocenters. The summed E-state index contributed by atoms with van der Waals surface area (Å²) in [5.74, 6) is 0. The molecule has 0 aromatic carbocycles. The van der Waals surface area contributed by atoms with Crippen molar-refractivity contribution in [2.24, 2.45) is 5.41 Å². The molecule has 0 radical (unpaired) electrons. The third kappa shape index (κ3) is 6.46. The van der Waals surface area contributed by atoms with E-state index in [1.807, 2.05) is 31.1 Å². The Labute approximate surface area is 100.0 Å². The van der Waals surface area contributed by atoms with Gasteiger partial charge in [-0.05, 0) is 30.2 Å². The van der Waals surface area contributed by atoms with Gasteiger partial charge >= 0.3 is 0 Å². The van der Waals surface area contributed by atoms with Crippen LogP contribution in [0.25, 0.3) is 0 Å². The zero-order valence-corrected chi connectivity index (χ0v) is 11.2. The summed E-state index contributed by atoms with van der Waals surface area (Å²) in [4.78, 5) is 1.96. The number of rotatable bonds is 5. The van der Waals surface area contributed by atoms with E-state index in [9.17, 15) is 0 Å². The molecule has 0 fully saturated rings. The predicted octanol–water partition coefficient (Wildman–Crippen LogP) is 2.97. The number of likely N-dealkylation sites (N-methyl/N-ethyl adjacent to an activating group) is 1. The Bertz CT molecular complexity index is 269. The summed E-state index contributed by atoms with van der Waals surface area (Å²) in [6.45, 7) is 9.48. The molecule has 0 amide bonds. The number of allylic oxidation sites excluding steroid dienone is 5. The van der Waals surface area contributed by atoms with Gasteiger partial charge in [0.05, 0.1) is 6.61 Å². The fraction of sp³-hybridized carbons (Fsp3) is 0.571. The highest BCUT2D eigenvalue weighted by Crippen LogP contribution is 2.26. The van der Waals surface area contributed by atoms with E-state index in [4.69, 9.17) is 5.11 Å². The van der Waals surface area contributed by atoms with Gasteiger partial charge in [-0.3, -0.25) is 0 Å². The first-order valence-corrected chi connectivity index (χ1v) is 5.74. The quantitative estimate of drug-likeness (QED) is 0.724. The van der Waals surface area contributed by atoms with Crippen LogP contribution in [-0.4, -0.2) is 30.2 Å². The van der Waals surface area contributed by atoms with E-state index >= 15 is 0 Å². The fourth-order valence-corrected chi connectivity index (χ4v) is 1.26. The first-order valence-electron chi connectivity index (χ1n) is 5.74. The molecule has 92 valence electrons. The molecular weight excluding hydrogens is 198 g/mol. The molecular formula is C14H25NO. The SMILES string of the molecule is C\C=C/C(=C\C=C\N(C)CCO)C(C)(C)C. The van der Waals surface area contributed by atoms with Gasteiger partial charge in [-0.25, -0.2) is 0 Å². The van der Waals surface area contributed by atoms with E-state index in [2.05, 4.69) is 39.0 Å². The second kappa shape index (κ2) is 7.29. The summed E-state index contributed by atoms with van der Waals surface area (Å²) in [5, 5.41) is 8.76. The van der Waals surface area contributed by atoms with Crippen molar-refractivity contribution in [3.8, 4) is 0 Å². The third-order valence-electron chi connectivity index (χ3n) is 2.28. The molecule has 0 heterocycles. The number of nitrogens with zero attached hydrogens (tertiary/aromatic N) is 1. The van der Waals surface area contributed by atoms with Crippen molar-refractivity contribution in [1.29, 1.82) is 0 Å². The third-order valence-corrected chi connectivity index (χ3v) is 2.28. The smallest absolute Gasteiger partial charge is 0.0606 e. The van der Waals surface area contributed by atoms with Gasteiger partial charge in [0.15, 0.2) is 0 Å². The molecule has 0 atom stereocenters. The number of aliphatic hydroxyl groups excluding tert-OH is 1. The Morgan fingerprint density at radius 2 is 1.94 bits per heavy atom. The average Bonchev–Trinajstić information content (AvgIpc) is 2.15. The van der Waals surface area contributed by atoms with Crippen molar-refractivity contribution < 1.29 is 5.11 Å². The molecule has 0 aliphatic heterocycles. The summed E-state index contributed by atoms with van der Waals surface area (Å²) in [7, 11) is 1.95. The Morgan fingerprint density at radius 3 is 2.38 bits per heavy atom. The Morgan fingerprint density at radius 1 is 1.31 bits per heavy atom. The van der Waals surface area contributed by atoms with E-state index in [-0.39, 0.29) is 12.0 Å². The molecule has 1 N–H and O–H groups in total. The van der Waals surface area contributed by atoms with Crippen molar-refractivity contribution in [2.45, 2.75) is 27.7 Å². The zero-order valence-electron chi connectivity index (χ0n) is 11.2. The van der Waals surface area contributed by atoms with E-state index in [1.165, 1.54) is 5.57 Å². The van der Waals surface area contributed by atoms with Crippen LogP contribution in [0, 0.1) is 5.41 Å². The van der Waals surface area contributed by atoms with Crippen molar-refractivity contribution in [3.05, 3.63) is 36.1 Å². The lowest BCUT2D eigenvalue weighted by molar-refractivity contribution is 0.254. The standard InChI is InChI=1S/C14H25NO/c1-6-8-13(14(2,3)4)9-7-10-15(5)11-12-16/h6-10,16H,11-12H2,1-5H3/b8-6-,10-7+,13-9+. The molecule has 0 spiro atoms. The van der Waals surface area contributed by atoms with Crippen molar-refractivity contribution in [2.75, 3.05) is 20.2 Å². The van der Waals surface area contributed by atoms with E-state index in [0.717, 1.165) is 0 Å². The van der Waals surface area contributed by atoms with Gasteiger partial charge in [-0.1, -0.05) is 39.0 Å². The Balaban J connectivity index is 4.58. The Kier molecular flexibility index (Phi) is 6.82. The Hall–Kier alpha value is -1.02. The largest absolute Gasteiger partial charge is 0.395 e. The van der Waals surface area contributed by atoms with Crippen LogP contribution in [0.4, 0.5) is 0 Å². The molecule has 0 bridgehead atoms. The van der Waals surface area contributed by atoms with Crippen LogP contribution >= 0.6 is 0 Å². The lowest BCUT2D eigenvalue weighted by Gasteiger charge is -2.20. The maximum atomic E-state index is 8.76. The van der Waals surface area contributed by atoms with Gasteiger partial charge < -0.3 is 10.0 Å². The monoisotopic (exact) mass is 223 g/mol. The molecule has 16 heavy (non-hydrogen) atoms. The normalized spacial score (nSPS) is 14.0. The van der Waals surface area contributed by atoms with E-state index in [1.54, 1.807) is 0 Å². The minimum absolute atomic E-state index is 0.159. The zero-order chi connectivity index (χ0) is 12.6. The van der Waals surface area contributed by atoms with Crippen molar-refractivity contribution in [3.63, 3.8) is 0 Å². The first kappa shape index (κ1) is 15.0. The van der Waals surface area contributed by atoms with Crippen LogP contribution in [-0.2, 0) is 0 Å². The van der Waals surface area contributed by atoms with Crippen molar-refractivity contribution >= 4 is 0 Å². The number of hydrogen-bond acceptors (Lipinski definition) is 2. The minimum Gasteiger partial charge on any atom is -0.395 e. The second-order valence-electron chi connectivity index (χ2n) is 4.92. The lowest BCUT2D eigenvalue weighted by atomic mass is 9.86. The molecule has 0 aliphatic carbocycles. The van der Waals surface area contributed by atoms with E-state index in [0.29, 0.717) is 6.54 Å². The fourth-order valence-electron chi connectivity index (χ4n) is 1.26. The van der Waals surface area contributed by atoms with Crippen LogP contribution in [0.15, 0.2) is 36.1 Å². The van der Waals surface area contributed by atoms with Crippen LogP contribution < -0.4 is 0 Å². The summed E-state index contributed by atoms with van der Waals surface area (Å²) in [6.07, 6.45) is 10.3. The molecule has 0 aliphatic rings. The maximum Gasteiger partial charge on any atom is 0.0606 e. The molecule has 0 aromatic heterocycles. The summed E-state index contributed by atoms with van der Waals surface area (Å²) in [6, 6.07) is 0. The van der Waals surface area contributed by atoms with Crippen LogP contribution in [0.2, 0.25) is 0 Å². The van der Waals surface area contributed by atoms with Crippen LogP contribution in [0.1, 0.15) is 27.7 Å². The van der Waals surface area contributed by atoms with Gasteiger partial charge in [0.2, 0.25) is 0 Å². The van der Waals surface area contributed by atoms with Crippen LogP contribution in [0.3, 0.4) is 0 Å². The highest BCUT2D eigenvalue weighted by molar-refractivity contribution is 5.28. The minimum atomic E-state index is 0.159. The molecule has 2 heteroatoms. The van der Waals surface area contributed by atoms with Gasteiger partial charge in [-0.15, -0.1) is 0 Å². The predicted molar refractivity (Wildman–Crippen MR) is 71.2 cm³/mol. The molecule has 0 saturated carbocycles. The number of aliphatic hydroxyl groups is 1. The van der Waals surface area contributed by atoms with Gasteiger partial charge in [0, 0.05) is 13.6 Å². The summed E-state index contributed by atoms with van der Waals surface area (Å²) >= 11 is 0. The highest BCUT2D eigenvalue weighted by atomic mass is 16.3. The van der Waals surface area contributed by atoms with Crippen molar-refractivity contribution in [1.82, 2.24) is 4.90 Å². The summed E-state index contributed by atoms with van der Waals surface area (Å²) < 4.78 is 0. The summed E-state index contributed by atoms with van der Waals surface area (Å²) in [5.41, 5.74) is 1.45. The topological polar surface area (TPSA) is 23.5 Å². The van der Waals surface area contributed by atoms with Crippen LogP contribution in [0.5, 0.6) is 0 Å². The highest BCUT2D eigenvalue weighted by Gasteiger charge is 2.12. The molecule has 2 nitrogen and oxygen atoms in total. The molecule has 0 rings (SSSR count). The van der Waals surface area contributed by atoms with Gasteiger partial charge in [0.1, 0.15) is 0 Å². The molecule has 0 aromatic rings. The maximum absolute atomic E-state index is 8.76. The first-order chi connectivity index (χ1) is 7.41. The lowest BCUT2D eigenvalue weighted by Crippen LogP contribution is -2.15.